The maximum Gasteiger partial charge on any atom is 0.0467 e. The lowest BCUT2D eigenvalue weighted by atomic mass is 9.98. The molecule has 0 aliphatic carbocycles. The minimum absolute atomic E-state index is 1.11. The summed E-state index contributed by atoms with van der Waals surface area (Å²) < 4.78 is 2.68. The van der Waals surface area contributed by atoms with E-state index in [-0.39, 0.29) is 0 Å². The summed E-state index contributed by atoms with van der Waals surface area (Å²) in [5.74, 6) is 0. The molecule has 1 nitrogen and oxygen atoms in total. The number of nitrogens with zero attached hydrogens (tertiary/aromatic N) is 1. The predicted octanol–water partition coefficient (Wildman–Crippen LogP) is 13.7. The smallest absolute Gasteiger partial charge is 0.0467 e. The number of fused-ring (bicyclic) bond motifs is 5. The Hall–Kier alpha value is -5.96. The van der Waals surface area contributed by atoms with E-state index in [1.54, 1.807) is 0 Å². The topological polar surface area (TPSA) is 3.24 Å². The van der Waals surface area contributed by atoms with E-state index < -0.39 is 0 Å². The molecule has 0 unspecified atom stereocenters. The Morgan fingerprint density at radius 1 is 0.312 bits per heavy atom. The molecule has 48 heavy (non-hydrogen) atoms. The van der Waals surface area contributed by atoms with Gasteiger partial charge >= 0.3 is 0 Å². The van der Waals surface area contributed by atoms with Gasteiger partial charge in [-0.25, -0.2) is 0 Å². The molecule has 0 bridgehead atoms. The molecule has 8 aromatic carbocycles. The average molecular weight is 630 g/mol. The molecule has 0 aliphatic rings. The van der Waals surface area contributed by atoms with Crippen molar-refractivity contribution >= 4 is 59.3 Å². The summed E-state index contributed by atoms with van der Waals surface area (Å²) in [6, 6.07) is 68.0. The summed E-state index contributed by atoms with van der Waals surface area (Å²) in [7, 11) is 0. The van der Waals surface area contributed by atoms with Crippen LogP contribution in [0.2, 0.25) is 0 Å². The summed E-state index contributed by atoms with van der Waals surface area (Å²) in [5.41, 5.74) is 10.6. The Morgan fingerprint density at radius 3 is 1.56 bits per heavy atom. The molecule has 226 valence electrons. The summed E-state index contributed by atoms with van der Waals surface area (Å²) >= 11 is 1.87. The second kappa shape index (κ2) is 12.0. The summed E-state index contributed by atoms with van der Waals surface area (Å²) in [4.78, 5) is 2.35. The molecular formula is C46H31NS. The number of rotatable bonds is 6. The minimum Gasteiger partial charge on any atom is -0.310 e. The first-order valence-electron chi connectivity index (χ1n) is 16.3. The van der Waals surface area contributed by atoms with Crippen LogP contribution < -0.4 is 4.90 Å². The average Bonchev–Trinajstić information content (AvgIpc) is 3.55. The maximum absolute atomic E-state index is 2.35. The summed E-state index contributed by atoms with van der Waals surface area (Å²) in [6.07, 6.45) is 0. The van der Waals surface area contributed by atoms with E-state index in [1.807, 2.05) is 11.3 Å². The van der Waals surface area contributed by atoms with Crippen molar-refractivity contribution in [2.75, 3.05) is 4.90 Å². The normalized spacial score (nSPS) is 11.3. The molecule has 0 N–H and O–H groups in total. The van der Waals surface area contributed by atoms with Crippen molar-refractivity contribution in [1.82, 2.24) is 0 Å². The lowest BCUT2D eigenvalue weighted by molar-refractivity contribution is 1.28. The Labute approximate surface area is 284 Å². The third-order valence-corrected chi connectivity index (χ3v) is 10.4. The highest BCUT2D eigenvalue weighted by molar-refractivity contribution is 7.26. The lowest BCUT2D eigenvalue weighted by Crippen LogP contribution is -2.10. The van der Waals surface area contributed by atoms with Gasteiger partial charge in [-0.3, -0.25) is 0 Å². The first kappa shape index (κ1) is 28.3. The fourth-order valence-corrected chi connectivity index (χ4v) is 7.99. The summed E-state index contributed by atoms with van der Waals surface area (Å²) in [5, 5.41) is 5.29. The highest BCUT2D eigenvalue weighted by atomic mass is 32.1. The van der Waals surface area contributed by atoms with Crippen molar-refractivity contribution in [3.8, 4) is 33.4 Å². The molecule has 9 rings (SSSR count). The van der Waals surface area contributed by atoms with Crippen molar-refractivity contribution < 1.29 is 0 Å². The molecule has 0 spiro atoms. The van der Waals surface area contributed by atoms with Crippen LogP contribution in [-0.2, 0) is 0 Å². The Morgan fingerprint density at radius 2 is 0.854 bits per heavy atom. The Kier molecular flexibility index (Phi) is 7.07. The second-order valence-corrected chi connectivity index (χ2v) is 13.3. The zero-order chi connectivity index (χ0) is 31.9. The van der Waals surface area contributed by atoms with Gasteiger partial charge in [0.2, 0.25) is 0 Å². The number of thiophene rings is 1. The fourth-order valence-electron chi connectivity index (χ4n) is 6.87. The molecule has 1 aromatic heterocycles. The number of benzene rings is 8. The van der Waals surface area contributed by atoms with Crippen molar-refractivity contribution in [2.24, 2.45) is 0 Å². The van der Waals surface area contributed by atoms with Crippen LogP contribution >= 0.6 is 11.3 Å². The van der Waals surface area contributed by atoms with Crippen LogP contribution in [-0.4, -0.2) is 0 Å². The van der Waals surface area contributed by atoms with Crippen LogP contribution in [0.4, 0.5) is 17.1 Å². The quantitative estimate of drug-likeness (QED) is 0.177. The fraction of sp³-hybridized carbons (Fsp3) is 0. The number of hydrogen-bond donors (Lipinski definition) is 0. The van der Waals surface area contributed by atoms with E-state index in [0.717, 1.165) is 17.1 Å². The third-order valence-electron chi connectivity index (χ3n) is 9.26. The van der Waals surface area contributed by atoms with Crippen LogP contribution in [0.3, 0.4) is 0 Å². The van der Waals surface area contributed by atoms with E-state index in [4.69, 9.17) is 0 Å². The summed E-state index contributed by atoms with van der Waals surface area (Å²) in [6.45, 7) is 0. The standard InChI is InChI=1S/C46H31NS/c1-3-10-32(11-4-1)34-18-24-39(25-19-34)47(41-15-9-14-36(31-41)33-12-5-2-6-13-33)40-26-20-35(21-27-40)37-22-28-42-38(30-37)23-29-45-46(42)43-16-7-8-17-44(43)48-45/h1-31H. The van der Waals surface area contributed by atoms with Crippen molar-refractivity contribution in [1.29, 1.82) is 0 Å². The molecule has 0 saturated carbocycles. The Bertz CT molecular complexity index is 2530. The van der Waals surface area contributed by atoms with E-state index in [1.165, 1.54) is 64.3 Å². The van der Waals surface area contributed by atoms with Gasteiger partial charge in [0.1, 0.15) is 0 Å². The lowest BCUT2D eigenvalue weighted by Gasteiger charge is -2.26. The van der Waals surface area contributed by atoms with Crippen molar-refractivity contribution in [3.05, 3.63) is 188 Å². The van der Waals surface area contributed by atoms with Crippen LogP contribution in [0.1, 0.15) is 0 Å². The monoisotopic (exact) mass is 629 g/mol. The van der Waals surface area contributed by atoms with Gasteiger partial charge in [0.05, 0.1) is 0 Å². The van der Waals surface area contributed by atoms with Crippen LogP contribution in [0.25, 0.3) is 64.3 Å². The molecule has 0 saturated heterocycles. The maximum atomic E-state index is 2.35. The van der Waals surface area contributed by atoms with Crippen LogP contribution in [0, 0.1) is 0 Å². The van der Waals surface area contributed by atoms with Crippen LogP contribution in [0.5, 0.6) is 0 Å². The highest BCUT2D eigenvalue weighted by Crippen LogP contribution is 2.41. The number of hydrogen-bond acceptors (Lipinski definition) is 2. The molecule has 1 heterocycles. The predicted molar refractivity (Wildman–Crippen MR) is 208 cm³/mol. The van der Waals surface area contributed by atoms with E-state index in [2.05, 4.69) is 193 Å². The SMILES string of the molecule is c1ccc(-c2ccc(N(c3ccc(-c4ccc5c(ccc6sc7ccccc7c65)c4)cc3)c3cccc(-c4ccccc4)c3)cc2)cc1. The third kappa shape index (κ3) is 5.13. The van der Waals surface area contributed by atoms with Gasteiger partial charge < -0.3 is 4.90 Å². The van der Waals surface area contributed by atoms with Gasteiger partial charge in [-0.2, -0.15) is 0 Å². The van der Waals surface area contributed by atoms with E-state index >= 15 is 0 Å². The molecule has 0 amide bonds. The molecule has 9 aromatic rings. The highest BCUT2D eigenvalue weighted by Gasteiger charge is 2.15. The van der Waals surface area contributed by atoms with Gasteiger partial charge in [0.25, 0.3) is 0 Å². The Balaban J connectivity index is 1.11. The molecule has 2 heteroatoms. The molecular weight excluding hydrogens is 599 g/mol. The zero-order valence-corrected chi connectivity index (χ0v) is 27.1. The van der Waals surface area contributed by atoms with Gasteiger partial charge in [-0.05, 0) is 98.8 Å². The zero-order valence-electron chi connectivity index (χ0n) is 26.3. The van der Waals surface area contributed by atoms with Crippen molar-refractivity contribution in [2.45, 2.75) is 0 Å². The molecule has 0 atom stereocenters. The number of anilines is 3. The van der Waals surface area contributed by atoms with Gasteiger partial charge in [0, 0.05) is 37.2 Å². The first-order valence-corrected chi connectivity index (χ1v) is 17.2. The van der Waals surface area contributed by atoms with Crippen molar-refractivity contribution in [3.63, 3.8) is 0 Å². The molecule has 0 fully saturated rings. The minimum atomic E-state index is 1.11. The van der Waals surface area contributed by atoms with Gasteiger partial charge in [-0.15, -0.1) is 11.3 Å². The van der Waals surface area contributed by atoms with Gasteiger partial charge in [-0.1, -0.05) is 133 Å². The molecule has 0 radical (unpaired) electrons. The largest absolute Gasteiger partial charge is 0.310 e. The van der Waals surface area contributed by atoms with Gasteiger partial charge in [0.15, 0.2) is 0 Å². The second-order valence-electron chi connectivity index (χ2n) is 12.2. The van der Waals surface area contributed by atoms with E-state index in [9.17, 15) is 0 Å². The van der Waals surface area contributed by atoms with E-state index in [0.29, 0.717) is 0 Å². The first-order chi connectivity index (χ1) is 23.8. The van der Waals surface area contributed by atoms with Crippen LogP contribution in [0.15, 0.2) is 188 Å². The molecule has 0 aliphatic heterocycles.